The van der Waals surface area contributed by atoms with E-state index in [2.05, 4.69) is 30.3 Å². The number of carbonyl (C=O) groups is 1. The van der Waals surface area contributed by atoms with E-state index in [1.54, 1.807) is 0 Å². The summed E-state index contributed by atoms with van der Waals surface area (Å²) >= 11 is 0. The van der Waals surface area contributed by atoms with Gasteiger partial charge in [-0.25, -0.2) is 0 Å². The molecule has 3 rings (SSSR count). The maximum atomic E-state index is 12.6. The molecule has 0 aliphatic heterocycles. The van der Waals surface area contributed by atoms with Crippen molar-refractivity contribution in [2.75, 3.05) is 0 Å². The first-order chi connectivity index (χ1) is 9.84. The summed E-state index contributed by atoms with van der Waals surface area (Å²) in [5.41, 5.74) is 2.25. The molecule has 0 saturated heterocycles. The number of ketones is 1. The first-order valence-corrected chi connectivity index (χ1v) is 7.49. The van der Waals surface area contributed by atoms with Crippen LogP contribution in [-0.2, 0) is 0 Å². The van der Waals surface area contributed by atoms with E-state index in [4.69, 9.17) is 0 Å². The Morgan fingerprint density at radius 3 is 2.20 bits per heavy atom. The predicted octanol–water partition coefficient (Wildman–Crippen LogP) is 4.84. The maximum Gasteiger partial charge on any atom is 0.165 e. The molecule has 102 valence electrons. The number of hydrogen-bond donors (Lipinski definition) is 0. The number of rotatable bonds is 3. The molecule has 0 amide bonds. The van der Waals surface area contributed by atoms with Crippen LogP contribution in [0.15, 0.2) is 60.7 Å². The topological polar surface area (TPSA) is 17.1 Å². The van der Waals surface area contributed by atoms with Gasteiger partial charge in [-0.05, 0) is 30.7 Å². The van der Waals surface area contributed by atoms with E-state index in [0.717, 1.165) is 24.8 Å². The van der Waals surface area contributed by atoms with Crippen molar-refractivity contribution < 1.29 is 4.79 Å². The lowest BCUT2D eigenvalue weighted by Gasteiger charge is -2.28. The van der Waals surface area contributed by atoms with E-state index in [1.807, 2.05) is 30.3 Å². The maximum absolute atomic E-state index is 12.6. The zero-order valence-corrected chi connectivity index (χ0v) is 11.7. The van der Waals surface area contributed by atoms with Crippen LogP contribution in [0, 0.1) is 5.92 Å². The molecule has 2 aromatic rings. The summed E-state index contributed by atoms with van der Waals surface area (Å²) in [5, 5.41) is 0. The van der Waals surface area contributed by atoms with Gasteiger partial charge in [-0.15, -0.1) is 0 Å². The molecule has 1 fully saturated rings. The Hall–Kier alpha value is -1.89. The second-order valence-electron chi connectivity index (χ2n) is 5.70. The molecule has 0 N–H and O–H groups in total. The highest BCUT2D eigenvalue weighted by Crippen LogP contribution is 2.37. The normalized spacial score (nSPS) is 22.4. The standard InChI is InChI=1S/C19H20O/c20-19(16-10-5-2-6-11-16)18-13-7-12-17(14-18)15-8-3-1-4-9-15/h1-6,8-11,17-18H,7,12-14H2. The first-order valence-electron chi connectivity index (χ1n) is 7.49. The van der Waals surface area contributed by atoms with Gasteiger partial charge < -0.3 is 0 Å². The van der Waals surface area contributed by atoms with Crippen LogP contribution in [0.5, 0.6) is 0 Å². The first kappa shape index (κ1) is 13.1. The third-order valence-corrected chi connectivity index (χ3v) is 4.37. The Morgan fingerprint density at radius 2 is 1.50 bits per heavy atom. The van der Waals surface area contributed by atoms with Crippen LogP contribution < -0.4 is 0 Å². The van der Waals surface area contributed by atoms with Crippen molar-refractivity contribution in [3.8, 4) is 0 Å². The van der Waals surface area contributed by atoms with Crippen LogP contribution in [0.2, 0.25) is 0 Å². The minimum absolute atomic E-state index is 0.191. The van der Waals surface area contributed by atoms with Gasteiger partial charge in [0.05, 0.1) is 0 Å². The number of carbonyl (C=O) groups excluding carboxylic acids is 1. The monoisotopic (exact) mass is 264 g/mol. The van der Waals surface area contributed by atoms with E-state index < -0.39 is 0 Å². The van der Waals surface area contributed by atoms with Crippen molar-refractivity contribution in [2.45, 2.75) is 31.6 Å². The largest absolute Gasteiger partial charge is 0.294 e. The van der Waals surface area contributed by atoms with Crippen molar-refractivity contribution in [3.05, 3.63) is 71.8 Å². The Morgan fingerprint density at radius 1 is 0.850 bits per heavy atom. The number of hydrogen-bond acceptors (Lipinski definition) is 1. The molecule has 0 heterocycles. The number of benzene rings is 2. The van der Waals surface area contributed by atoms with Crippen LogP contribution in [0.3, 0.4) is 0 Å². The summed E-state index contributed by atoms with van der Waals surface area (Å²) in [5.74, 6) is 1.06. The van der Waals surface area contributed by atoms with E-state index in [9.17, 15) is 4.79 Å². The quantitative estimate of drug-likeness (QED) is 0.725. The van der Waals surface area contributed by atoms with Gasteiger partial charge in [-0.1, -0.05) is 67.1 Å². The van der Waals surface area contributed by atoms with Gasteiger partial charge in [0.25, 0.3) is 0 Å². The van der Waals surface area contributed by atoms with E-state index in [-0.39, 0.29) is 5.92 Å². The fourth-order valence-corrected chi connectivity index (χ4v) is 3.29. The molecular formula is C19H20O. The van der Waals surface area contributed by atoms with Crippen molar-refractivity contribution in [1.29, 1.82) is 0 Å². The van der Waals surface area contributed by atoms with Crippen LogP contribution >= 0.6 is 0 Å². The summed E-state index contributed by atoms with van der Waals surface area (Å²) in [4.78, 5) is 12.6. The molecule has 1 aliphatic carbocycles. The lowest BCUT2D eigenvalue weighted by molar-refractivity contribution is 0.0881. The van der Waals surface area contributed by atoms with E-state index >= 15 is 0 Å². The lowest BCUT2D eigenvalue weighted by Crippen LogP contribution is -2.22. The van der Waals surface area contributed by atoms with Crippen LogP contribution in [-0.4, -0.2) is 5.78 Å². The molecule has 20 heavy (non-hydrogen) atoms. The van der Waals surface area contributed by atoms with Crippen LogP contribution in [0.1, 0.15) is 47.5 Å². The Balaban J connectivity index is 1.74. The highest BCUT2D eigenvalue weighted by Gasteiger charge is 2.28. The third kappa shape index (κ3) is 2.82. The van der Waals surface area contributed by atoms with Gasteiger partial charge in [-0.2, -0.15) is 0 Å². The third-order valence-electron chi connectivity index (χ3n) is 4.37. The molecule has 2 unspecified atom stereocenters. The van der Waals surface area contributed by atoms with Crippen LogP contribution in [0.25, 0.3) is 0 Å². The smallest absolute Gasteiger partial charge is 0.165 e. The Labute approximate surface area is 120 Å². The Bertz CT molecular complexity index is 559. The second kappa shape index (κ2) is 6.04. The fourth-order valence-electron chi connectivity index (χ4n) is 3.29. The summed E-state index contributed by atoms with van der Waals surface area (Å²) in [6.45, 7) is 0. The van der Waals surface area contributed by atoms with Gasteiger partial charge in [0, 0.05) is 11.5 Å². The number of Topliss-reactive ketones (excluding diaryl/α,β-unsaturated/α-hetero) is 1. The molecule has 2 atom stereocenters. The molecule has 0 spiro atoms. The van der Waals surface area contributed by atoms with Gasteiger partial charge in [0.2, 0.25) is 0 Å². The van der Waals surface area contributed by atoms with E-state index in [1.165, 1.54) is 12.0 Å². The summed E-state index contributed by atoms with van der Waals surface area (Å²) in [6, 6.07) is 20.4. The van der Waals surface area contributed by atoms with Crippen LogP contribution in [0.4, 0.5) is 0 Å². The molecule has 0 aromatic heterocycles. The average Bonchev–Trinajstić information content (AvgIpc) is 2.56. The highest BCUT2D eigenvalue weighted by atomic mass is 16.1. The molecule has 0 radical (unpaired) electrons. The molecule has 1 nitrogen and oxygen atoms in total. The molecule has 1 saturated carbocycles. The predicted molar refractivity (Wildman–Crippen MR) is 81.9 cm³/mol. The lowest BCUT2D eigenvalue weighted by atomic mass is 9.75. The summed E-state index contributed by atoms with van der Waals surface area (Å²) in [6.07, 6.45) is 4.40. The minimum Gasteiger partial charge on any atom is -0.294 e. The van der Waals surface area contributed by atoms with E-state index in [0.29, 0.717) is 11.7 Å². The molecule has 0 bridgehead atoms. The zero-order valence-electron chi connectivity index (χ0n) is 11.7. The van der Waals surface area contributed by atoms with Crippen molar-refractivity contribution >= 4 is 5.78 Å². The summed E-state index contributed by atoms with van der Waals surface area (Å²) < 4.78 is 0. The molecule has 1 aliphatic rings. The van der Waals surface area contributed by atoms with Gasteiger partial charge >= 0.3 is 0 Å². The second-order valence-corrected chi connectivity index (χ2v) is 5.70. The average molecular weight is 264 g/mol. The van der Waals surface area contributed by atoms with Crippen molar-refractivity contribution in [1.82, 2.24) is 0 Å². The zero-order chi connectivity index (χ0) is 13.8. The molecule has 2 aromatic carbocycles. The minimum atomic E-state index is 0.191. The van der Waals surface area contributed by atoms with Gasteiger partial charge in [0.15, 0.2) is 5.78 Å². The molecular weight excluding hydrogens is 244 g/mol. The van der Waals surface area contributed by atoms with Crippen molar-refractivity contribution in [3.63, 3.8) is 0 Å². The van der Waals surface area contributed by atoms with Gasteiger partial charge in [-0.3, -0.25) is 4.79 Å². The van der Waals surface area contributed by atoms with Crippen molar-refractivity contribution in [2.24, 2.45) is 5.92 Å². The molecule has 1 heteroatoms. The fraction of sp³-hybridized carbons (Fsp3) is 0.316. The highest BCUT2D eigenvalue weighted by molar-refractivity contribution is 5.97. The Kier molecular flexibility index (Phi) is 3.96. The van der Waals surface area contributed by atoms with Gasteiger partial charge in [0.1, 0.15) is 0 Å². The summed E-state index contributed by atoms with van der Waals surface area (Å²) in [7, 11) is 0. The SMILES string of the molecule is O=C(c1ccccc1)C1CCCC(c2ccccc2)C1.